The van der Waals surface area contributed by atoms with E-state index in [1.807, 2.05) is 6.92 Å². The Balaban J connectivity index is 3.96. The van der Waals surface area contributed by atoms with Crippen LogP contribution in [0, 0.1) is 11.8 Å². The quantitative estimate of drug-likeness (QED) is 0.666. The van der Waals surface area contributed by atoms with Crippen LogP contribution in [0.5, 0.6) is 0 Å². The second-order valence-corrected chi connectivity index (χ2v) is 4.15. The number of hydrogen-bond donors (Lipinski definition) is 1. The highest BCUT2D eigenvalue weighted by molar-refractivity contribution is 5.69. The van der Waals surface area contributed by atoms with Gasteiger partial charge in [-0.3, -0.25) is 4.79 Å². The van der Waals surface area contributed by atoms with Gasteiger partial charge in [-0.2, -0.15) is 0 Å². The minimum absolute atomic E-state index is 0.306. The van der Waals surface area contributed by atoms with Gasteiger partial charge in [-0.25, -0.2) is 0 Å². The van der Waals surface area contributed by atoms with E-state index in [0.29, 0.717) is 12.5 Å². The van der Waals surface area contributed by atoms with E-state index in [1.54, 1.807) is 14.0 Å². The first-order chi connectivity index (χ1) is 7.01. The van der Waals surface area contributed by atoms with Gasteiger partial charge in [0.15, 0.2) is 0 Å². The van der Waals surface area contributed by atoms with Crippen LogP contribution in [-0.4, -0.2) is 49.3 Å². The highest BCUT2D eigenvalue weighted by atomic mass is 16.5. The fourth-order valence-electron chi connectivity index (χ4n) is 1.58. The summed E-state index contributed by atoms with van der Waals surface area (Å²) in [7, 11) is 1.69. The molecule has 0 heterocycles. The van der Waals surface area contributed by atoms with Gasteiger partial charge in [-0.15, -0.1) is 0 Å². The second-order valence-electron chi connectivity index (χ2n) is 4.15. The standard InChI is InChI=1S/C11H23NO3/c1-5-12(6-9(2)8-15-4)7-10(3)11(13)14/h9-10H,5-8H2,1-4H3,(H,13,14). The highest BCUT2D eigenvalue weighted by Crippen LogP contribution is 2.05. The zero-order valence-electron chi connectivity index (χ0n) is 10.2. The van der Waals surface area contributed by atoms with Crippen molar-refractivity contribution in [3.63, 3.8) is 0 Å². The maximum atomic E-state index is 10.7. The van der Waals surface area contributed by atoms with E-state index >= 15 is 0 Å². The highest BCUT2D eigenvalue weighted by Gasteiger charge is 2.16. The Labute approximate surface area is 92.2 Å². The van der Waals surface area contributed by atoms with Crippen LogP contribution in [0.3, 0.4) is 0 Å². The van der Waals surface area contributed by atoms with Crippen molar-refractivity contribution in [1.82, 2.24) is 4.90 Å². The van der Waals surface area contributed by atoms with Crippen molar-refractivity contribution in [2.24, 2.45) is 11.8 Å². The van der Waals surface area contributed by atoms with Crippen LogP contribution in [0.15, 0.2) is 0 Å². The molecule has 0 aliphatic heterocycles. The molecule has 0 radical (unpaired) electrons. The topological polar surface area (TPSA) is 49.8 Å². The Morgan fingerprint density at radius 2 is 2.00 bits per heavy atom. The van der Waals surface area contributed by atoms with Gasteiger partial charge in [0.05, 0.1) is 5.92 Å². The van der Waals surface area contributed by atoms with Crippen LogP contribution in [0.2, 0.25) is 0 Å². The van der Waals surface area contributed by atoms with Gasteiger partial charge in [0, 0.05) is 26.8 Å². The average Bonchev–Trinajstić information content (AvgIpc) is 2.16. The Morgan fingerprint density at radius 3 is 2.40 bits per heavy atom. The van der Waals surface area contributed by atoms with Crippen molar-refractivity contribution in [2.75, 3.05) is 33.4 Å². The molecule has 0 bridgehead atoms. The van der Waals surface area contributed by atoms with E-state index in [1.165, 1.54) is 0 Å². The summed E-state index contributed by atoms with van der Waals surface area (Å²) in [6, 6.07) is 0. The number of hydrogen-bond acceptors (Lipinski definition) is 3. The van der Waals surface area contributed by atoms with Crippen molar-refractivity contribution in [1.29, 1.82) is 0 Å². The van der Waals surface area contributed by atoms with Crippen LogP contribution in [0.4, 0.5) is 0 Å². The fourth-order valence-corrected chi connectivity index (χ4v) is 1.58. The van der Waals surface area contributed by atoms with Gasteiger partial charge in [-0.05, 0) is 12.5 Å². The van der Waals surface area contributed by atoms with E-state index in [4.69, 9.17) is 9.84 Å². The molecule has 0 aliphatic carbocycles. The van der Waals surface area contributed by atoms with Gasteiger partial charge in [0.2, 0.25) is 0 Å². The Bertz CT molecular complexity index is 185. The Kier molecular flexibility index (Phi) is 7.34. The summed E-state index contributed by atoms with van der Waals surface area (Å²) >= 11 is 0. The summed E-state index contributed by atoms with van der Waals surface area (Å²) in [6.07, 6.45) is 0. The minimum atomic E-state index is -0.729. The first-order valence-corrected chi connectivity index (χ1v) is 5.45. The molecular formula is C11H23NO3. The van der Waals surface area contributed by atoms with Crippen LogP contribution in [0.1, 0.15) is 20.8 Å². The first kappa shape index (κ1) is 14.4. The summed E-state index contributed by atoms with van der Waals surface area (Å²) in [5, 5.41) is 8.81. The molecule has 0 spiro atoms. The molecule has 0 amide bonds. The molecule has 0 rings (SSSR count). The molecule has 0 aromatic carbocycles. The lowest BCUT2D eigenvalue weighted by molar-refractivity contribution is -0.141. The second kappa shape index (κ2) is 7.65. The van der Waals surface area contributed by atoms with Crippen LogP contribution in [-0.2, 0) is 9.53 Å². The van der Waals surface area contributed by atoms with Crippen molar-refractivity contribution >= 4 is 5.97 Å². The van der Waals surface area contributed by atoms with Crippen molar-refractivity contribution in [3.8, 4) is 0 Å². The lowest BCUT2D eigenvalue weighted by atomic mass is 10.1. The Morgan fingerprint density at radius 1 is 1.40 bits per heavy atom. The van der Waals surface area contributed by atoms with Crippen LogP contribution in [0.25, 0.3) is 0 Å². The molecule has 0 saturated heterocycles. The number of carbonyl (C=O) groups is 1. The third-order valence-electron chi connectivity index (χ3n) is 2.42. The van der Waals surface area contributed by atoms with E-state index in [0.717, 1.165) is 19.7 Å². The SMILES string of the molecule is CCN(CC(C)COC)CC(C)C(=O)O. The van der Waals surface area contributed by atoms with E-state index in [2.05, 4.69) is 11.8 Å². The maximum Gasteiger partial charge on any atom is 0.307 e. The molecule has 0 aromatic rings. The first-order valence-electron chi connectivity index (χ1n) is 5.45. The molecule has 4 heteroatoms. The number of aliphatic carboxylic acids is 1. The van der Waals surface area contributed by atoms with Gasteiger partial charge in [0.1, 0.15) is 0 Å². The predicted octanol–water partition coefficient (Wildman–Crippen LogP) is 1.31. The van der Waals surface area contributed by atoms with Crippen molar-refractivity contribution in [3.05, 3.63) is 0 Å². The van der Waals surface area contributed by atoms with Gasteiger partial charge < -0.3 is 14.7 Å². The van der Waals surface area contributed by atoms with E-state index in [-0.39, 0.29) is 5.92 Å². The molecular weight excluding hydrogens is 194 g/mol. The van der Waals surface area contributed by atoms with Crippen LogP contribution < -0.4 is 0 Å². The molecule has 0 aromatic heterocycles. The molecule has 4 nitrogen and oxygen atoms in total. The molecule has 90 valence electrons. The molecule has 0 fully saturated rings. The fraction of sp³-hybridized carbons (Fsp3) is 0.909. The smallest absolute Gasteiger partial charge is 0.307 e. The van der Waals surface area contributed by atoms with Crippen LogP contribution >= 0.6 is 0 Å². The number of methoxy groups -OCH3 is 1. The zero-order valence-corrected chi connectivity index (χ0v) is 10.2. The molecule has 0 aliphatic rings. The minimum Gasteiger partial charge on any atom is -0.481 e. The monoisotopic (exact) mass is 217 g/mol. The Hall–Kier alpha value is -0.610. The summed E-state index contributed by atoms with van der Waals surface area (Å²) in [4.78, 5) is 12.9. The third-order valence-corrected chi connectivity index (χ3v) is 2.42. The zero-order chi connectivity index (χ0) is 11.8. The molecule has 2 atom stereocenters. The van der Waals surface area contributed by atoms with Gasteiger partial charge in [-0.1, -0.05) is 20.8 Å². The summed E-state index contributed by atoms with van der Waals surface area (Å²) < 4.78 is 5.06. The van der Waals surface area contributed by atoms with E-state index in [9.17, 15) is 4.79 Å². The van der Waals surface area contributed by atoms with Crippen molar-refractivity contribution in [2.45, 2.75) is 20.8 Å². The maximum absolute atomic E-state index is 10.7. The number of ether oxygens (including phenoxy) is 1. The largest absolute Gasteiger partial charge is 0.481 e. The number of carboxylic acids is 1. The number of rotatable bonds is 8. The average molecular weight is 217 g/mol. The number of nitrogens with zero attached hydrogens (tertiary/aromatic N) is 1. The lowest BCUT2D eigenvalue weighted by Gasteiger charge is -2.25. The summed E-state index contributed by atoms with van der Waals surface area (Å²) in [5.41, 5.74) is 0. The molecule has 0 saturated carbocycles. The van der Waals surface area contributed by atoms with E-state index < -0.39 is 5.97 Å². The van der Waals surface area contributed by atoms with Crippen molar-refractivity contribution < 1.29 is 14.6 Å². The lowest BCUT2D eigenvalue weighted by Crippen LogP contribution is -2.35. The third kappa shape index (κ3) is 6.47. The number of carboxylic acid groups (broad SMARTS) is 1. The van der Waals surface area contributed by atoms with Gasteiger partial charge in [0.25, 0.3) is 0 Å². The molecule has 1 N–H and O–H groups in total. The molecule has 2 unspecified atom stereocenters. The summed E-state index contributed by atoms with van der Waals surface area (Å²) in [6.45, 7) is 9.00. The van der Waals surface area contributed by atoms with Gasteiger partial charge >= 0.3 is 5.97 Å². The molecule has 15 heavy (non-hydrogen) atoms. The predicted molar refractivity (Wildman–Crippen MR) is 60.0 cm³/mol. The summed E-state index contributed by atoms with van der Waals surface area (Å²) in [5.74, 6) is -0.594. The normalized spacial score (nSPS) is 15.3.